The number of para-hydroxylation sites is 1. The van der Waals surface area contributed by atoms with Gasteiger partial charge in [0.05, 0.1) is 11.1 Å². The summed E-state index contributed by atoms with van der Waals surface area (Å²) in [6.45, 7) is 5.69. The van der Waals surface area contributed by atoms with E-state index in [-0.39, 0.29) is 5.92 Å². The summed E-state index contributed by atoms with van der Waals surface area (Å²) >= 11 is 0. The van der Waals surface area contributed by atoms with Crippen LogP contribution in [0, 0.1) is 6.92 Å². The van der Waals surface area contributed by atoms with Crippen molar-refractivity contribution in [3.63, 3.8) is 0 Å². The number of benzene rings is 1. The average Bonchev–Trinajstić information content (AvgIpc) is 2.43. The van der Waals surface area contributed by atoms with Gasteiger partial charge in [0.25, 0.3) is 5.91 Å². The Hall–Kier alpha value is -2.63. The number of aromatic nitrogens is 2. The maximum Gasteiger partial charge on any atom is 0.252 e. The van der Waals surface area contributed by atoms with Gasteiger partial charge in [0.2, 0.25) is 5.88 Å². The van der Waals surface area contributed by atoms with Crippen LogP contribution in [0.4, 0.5) is 5.82 Å². The topological polar surface area (TPSA) is 104 Å². The van der Waals surface area contributed by atoms with Gasteiger partial charge >= 0.3 is 0 Å². The van der Waals surface area contributed by atoms with E-state index in [9.17, 15) is 4.79 Å². The largest absolute Gasteiger partial charge is 0.438 e. The van der Waals surface area contributed by atoms with Gasteiger partial charge in [-0.3, -0.25) is 4.79 Å². The van der Waals surface area contributed by atoms with Crippen molar-refractivity contribution in [2.45, 2.75) is 26.7 Å². The minimum absolute atomic E-state index is 0.113. The zero-order chi connectivity index (χ0) is 15.6. The second-order valence-electron chi connectivity index (χ2n) is 5.01. The van der Waals surface area contributed by atoms with Crippen LogP contribution in [0.3, 0.4) is 0 Å². The molecule has 1 aromatic carbocycles. The minimum atomic E-state index is -0.561. The first-order chi connectivity index (χ1) is 9.90. The SMILES string of the molecule is Cc1c(N)nc(C(C)C)nc1Oc1ccccc1C(N)=O. The summed E-state index contributed by atoms with van der Waals surface area (Å²) in [4.78, 5) is 20.0. The van der Waals surface area contributed by atoms with Gasteiger partial charge in [-0.2, -0.15) is 4.98 Å². The van der Waals surface area contributed by atoms with Crippen LogP contribution >= 0.6 is 0 Å². The molecule has 0 aliphatic carbocycles. The highest BCUT2D eigenvalue weighted by molar-refractivity contribution is 5.95. The van der Waals surface area contributed by atoms with Crippen molar-refractivity contribution >= 4 is 11.7 Å². The Morgan fingerprint density at radius 1 is 1.24 bits per heavy atom. The lowest BCUT2D eigenvalue weighted by atomic mass is 10.2. The lowest BCUT2D eigenvalue weighted by Gasteiger charge is -2.13. The number of rotatable bonds is 4. The standard InChI is InChI=1S/C15H18N4O2/c1-8(2)14-18-12(16)9(3)15(19-14)21-11-7-5-4-6-10(11)13(17)20/h4-8H,1-3H3,(H2,17,20)(H2,16,18,19). The highest BCUT2D eigenvalue weighted by atomic mass is 16.5. The molecule has 0 aliphatic rings. The molecular weight excluding hydrogens is 268 g/mol. The lowest BCUT2D eigenvalue weighted by Crippen LogP contribution is -2.13. The maximum atomic E-state index is 11.4. The highest BCUT2D eigenvalue weighted by Gasteiger charge is 2.15. The number of carbonyl (C=O) groups is 1. The van der Waals surface area contributed by atoms with E-state index < -0.39 is 5.91 Å². The van der Waals surface area contributed by atoms with Crippen LogP contribution in [0.5, 0.6) is 11.6 Å². The zero-order valence-corrected chi connectivity index (χ0v) is 12.3. The van der Waals surface area contributed by atoms with Crippen LogP contribution < -0.4 is 16.2 Å². The molecule has 0 atom stereocenters. The quantitative estimate of drug-likeness (QED) is 0.897. The van der Waals surface area contributed by atoms with Gasteiger partial charge in [0, 0.05) is 5.92 Å². The highest BCUT2D eigenvalue weighted by Crippen LogP contribution is 2.29. The van der Waals surface area contributed by atoms with Gasteiger partial charge in [0.15, 0.2) is 0 Å². The summed E-state index contributed by atoms with van der Waals surface area (Å²) in [6.07, 6.45) is 0. The Balaban J connectivity index is 2.47. The number of ether oxygens (including phenoxy) is 1. The molecule has 0 saturated carbocycles. The Morgan fingerprint density at radius 2 is 1.90 bits per heavy atom. The van der Waals surface area contributed by atoms with Gasteiger partial charge in [-0.1, -0.05) is 26.0 Å². The maximum absolute atomic E-state index is 11.4. The van der Waals surface area contributed by atoms with Crippen LogP contribution in [0.2, 0.25) is 0 Å². The Kier molecular flexibility index (Phi) is 4.07. The smallest absolute Gasteiger partial charge is 0.252 e. The number of hydrogen-bond donors (Lipinski definition) is 2. The first-order valence-corrected chi connectivity index (χ1v) is 6.60. The van der Waals surface area contributed by atoms with Crippen LogP contribution in [0.15, 0.2) is 24.3 Å². The third-order valence-corrected chi connectivity index (χ3v) is 3.03. The molecule has 0 radical (unpaired) electrons. The zero-order valence-electron chi connectivity index (χ0n) is 12.3. The fraction of sp³-hybridized carbons (Fsp3) is 0.267. The molecule has 2 rings (SSSR count). The molecule has 1 amide bonds. The van der Waals surface area contributed by atoms with E-state index >= 15 is 0 Å². The molecule has 0 aliphatic heterocycles. The molecule has 1 heterocycles. The molecule has 0 spiro atoms. The van der Waals surface area contributed by atoms with Gasteiger partial charge < -0.3 is 16.2 Å². The Labute approximate surface area is 123 Å². The molecule has 6 nitrogen and oxygen atoms in total. The normalized spacial score (nSPS) is 10.7. The summed E-state index contributed by atoms with van der Waals surface area (Å²) in [5, 5.41) is 0. The molecule has 2 aromatic rings. The molecule has 0 unspecified atom stereocenters. The number of anilines is 1. The van der Waals surface area contributed by atoms with Gasteiger partial charge in [-0.15, -0.1) is 0 Å². The van der Waals surface area contributed by atoms with E-state index in [1.165, 1.54) is 0 Å². The average molecular weight is 286 g/mol. The van der Waals surface area contributed by atoms with E-state index in [2.05, 4.69) is 9.97 Å². The van der Waals surface area contributed by atoms with Crippen LogP contribution in [-0.2, 0) is 0 Å². The Morgan fingerprint density at radius 3 is 2.52 bits per heavy atom. The molecule has 6 heteroatoms. The predicted octanol–water partition coefficient (Wildman–Crippen LogP) is 2.38. The summed E-state index contributed by atoms with van der Waals surface area (Å²) in [5.74, 6) is 1.18. The molecule has 110 valence electrons. The molecule has 0 saturated heterocycles. The second kappa shape index (κ2) is 5.78. The number of primary amides is 1. The molecule has 4 N–H and O–H groups in total. The lowest BCUT2D eigenvalue weighted by molar-refractivity contribution is 0.0998. The monoisotopic (exact) mass is 286 g/mol. The van der Waals surface area contributed by atoms with E-state index in [0.717, 1.165) is 0 Å². The third kappa shape index (κ3) is 3.10. The van der Waals surface area contributed by atoms with Crippen molar-refractivity contribution in [2.75, 3.05) is 5.73 Å². The second-order valence-corrected chi connectivity index (χ2v) is 5.01. The predicted molar refractivity (Wildman–Crippen MR) is 80.3 cm³/mol. The van der Waals surface area contributed by atoms with Gasteiger partial charge in [-0.05, 0) is 19.1 Å². The van der Waals surface area contributed by atoms with Crippen molar-refractivity contribution < 1.29 is 9.53 Å². The van der Waals surface area contributed by atoms with Crippen LogP contribution in [0.25, 0.3) is 0 Å². The number of hydrogen-bond acceptors (Lipinski definition) is 5. The molecular formula is C15H18N4O2. The van der Waals surface area contributed by atoms with Crippen molar-refractivity contribution in [1.29, 1.82) is 0 Å². The molecule has 1 aromatic heterocycles. The van der Waals surface area contributed by atoms with E-state index in [0.29, 0.717) is 34.4 Å². The summed E-state index contributed by atoms with van der Waals surface area (Å²) in [5.41, 5.74) is 12.1. The Bertz CT molecular complexity index is 683. The molecule has 0 bridgehead atoms. The van der Waals surface area contributed by atoms with Crippen molar-refractivity contribution in [2.24, 2.45) is 5.73 Å². The number of amides is 1. The summed E-state index contributed by atoms with van der Waals surface area (Å²) in [7, 11) is 0. The fourth-order valence-electron chi connectivity index (χ4n) is 1.75. The number of nitrogens with zero attached hydrogens (tertiary/aromatic N) is 2. The number of nitrogen functional groups attached to an aromatic ring is 1. The van der Waals surface area contributed by atoms with E-state index in [1.54, 1.807) is 31.2 Å². The van der Waals surface area contributed by atoms with Gasteiger partial charge in [0.1, 0.15) is 17.4 Å². The number of nitrogens with two attached hydrogens (primary N) is 2. The van der Waals surface area contributed by atoms with Crippen molar-refractivity contribution in [3.05, 3.63) is 41.2 Å². The van der Waals surface area contributed by atoms with E-state index in [4.69, 9.17) is 16.2 Å². The summed E-state index contributed by atoms with van der Waals surface area (Å²) < 4.78 is 5.74. The van der Waals surface area contributed by atoms with E-state index in [1.807, 2.05) is 13.8 Å². The molecule has 0 fully saturated rings. The first kappa shape index (κ1) is 14.8. The summed E-state index contributed by atoms with van der Waals surface area (Å²) in [6, 6.07) is 6.73. The van der Waals surface area contributed by atoms with Crippen LogP contribution in [0.1, 0.15) is 41.5 Å². The van der Waals surface area contributed by atoms with Crippen molar-refractivity contribution in [1.82, 2.24) is 9.97 Å². The number of carbonyl (C=O) groups excluding carboxylic acids is 1. The first-order valence-electron chi connectivity index (χ1n) is 6.60. The third-order valence-electron chi connectivity index (χ3n) is 3.03. The van der Waals surface area contributed by atoms with Crippen LogP contribution in [-0.4, -0.2) is 15.9 Å². The van der Waals surface area contributed by atoms with Gasteiger partial charge in [-0.25, -0.2) is 4.98 Å². The fourth-order valence-corrected chi connectivity index (χ4v) is 1.75. The molecule has 21 heavy (non-hydrogen) atoms. The minimum Gasteiger partial charge on any atom is -0.438 e. The van der Waals surface area contributed by atoms with Crippen molar-refractivity contribution in [3.8, 4) is 11.6 Å².